The Labute approximate surface area is 128 Å². The second-order valence-corrected chi connectivity index (χ2v) is 4.99. The standard InChI is InChI=1S/C16H17N3O3/c1-11-5-3-4-6-13(11)10-17-16(20)18-14-8-7-12(2)15(9-14)19(21)22/h3-9H,10H2,1-2H3,(H2,17,18,20). The third kappa shape index (κ3) is 3.82. The number of hydrogen-bond donors (Lipinski definition) is 2. The van der Waals surface area contributed by atoms with Gasteiger partial charge >= 0.3 is 6.03 Å². The average molecular weight is 299 g/mol. The van der Waals surface area contributed by atoms with Crippen molar-refractivity contribution in [3.8, 4) is 0 Å². The lowest BCUT2D eigenvalue weighted by Gasteiger charge is -2.09. The Morgan fingerprint density at radius 1 is 1.14 bits per heavy atom. The van der Waals surface area contributed by atoms with Crippen LogP contribution in [-0.4, -0.2) is 11.0 Å². The number of benzene rings is 2. The van der Waals surface area contributed by atoms with Gasteiger partial charge in [0.25, 0.3) is 5.69 Å². The number of anilines is 1. The molecule has 6 heteroatoms. The number of nitro groups is 1. The maximum absolute atomic E-state index is 11.9. The minimum Gasteiger partial charge on any atom is -0.334 e. The number of rotatable bonds is 4. The van der Waals surface area contributed by atoms with Crippen LogP contribution < -0.4 is 10.6 Å². The van der Waals surface area contributed by atoms with E-state index < -0.39 is 11.0 Å². The summed E-state index contributed by atoms with van der Waals surface area (Å²) in [5, 5.41) is 16.2. The summed E-state index contributed by atoms with van der Waals surface area (Å²) in [5.41, 5.74) is 3.04. The molecule has 0 unspecified atom stereocenters. The van der Waals surface area contributed by atoms with Gasteiger partial charge in [0.15, 0.2) is 0 Å². The number of urea groups is 1. The molecule has 2 aromatic carbocycles. The van der Waals surface area contributed by atoms with E-state index in [0.29, 0.717) is 17.8 Å². The molecule has 0 aliphatic rings. The second-order valence-electron chi connectivity index (χ2n) is 4.99. The van der Waals surface area contributed by atoms with Crippen molar-refractivity contribution in [3.63, 3.8) is 0 Å². The molecular formula is C16H17N3O3. The summed E-state index contributed by atoms with van der Waals surface area (Å²) in [5.74, 6) is 0. The molecule has 2 aromatic rings. The fourth-order valence-corrected chi connectivity index (χ4v) is 2.04. The number of nitrogens with zero attached hydrogens (tertiary/aromatic N) is 1. The molecule has 2 amide bonds. The van der Waals surface area contributed by atoms with Crippen molar-refractivity contribution in [3.05, 3.63) is 69.3 Å². The van der Waals surface area contributed by atoms with E-state index in [1.807, 2.05) is 31.2 Å². The Balaban J connectivity index is 1.99. The molecule has 2 N–H and O–H groups in total. The molecule has 114 valence electrons. The summed E-state index contributed by atoms with van der Waals surface area (Å²) in [6, 6.07) is 11.9. The van der Waals surface area contributed by atoms with E-state index in [1.165, 1.54) is 6.07 Å². The number of carbonyl (C=O) groups excluding carboxylic acids is 1. The smallest absolute Gasteiger partial charge is 0.319 e. The first-order chi connectivity index (χ1) is 10.5. The van der Waals surface area contributed by atoms with Crippen LogP contribution in [0.5, 0.6) is 0 Å². The molecule has 22 heavy (non-hydrogen) atoms. The van der Waals surface area contributed by atoms with E-state index in [9.17, 15) is 14.9 Å². The van der Waals surface area contributed by atoms with Crippen LogP contribution in [-0.2, 0) is 6.54 Å². The number of nitrogens with one attached hydrogen (secondary N) is 2. The van der Waals surface area contributed by atoms with Gasteiger partial charge in [-0.15, -0.1) is 0 Å². The van der Waals surface area contributed by atoms with Gasteiger partial charge in [0, 0.05) is 23.9 Å². The normalized spacial score (nSPS) is 10.1. The highest BCUT2D eigenvalue weighted by Crippen LogP contribution is 2.22. The van der Waals surface area contributed by atoms with Crippen LogP contribution >= 0.6 is 0 Å². The molecule has 0 saturated heterocycles. The molecule has 0 saturated carbocycles. The first-order valence-corrected chi connectivity index (χ1v) is 6.82. The Morgan fingerprint density at radius 2 is 1.86 bits per heavy atom. The quantitative estimate of drug-likeness (QED) is 0.669. The predicted octanol–water partition coefficient (Wildman–Crippen LogP) is 3.53. The number of nitro benzene ring substituents is 1. The molecule has 0 radical (unpaired) electrons. The minimum atomic E-state index is -0.467. The molecule has 0 aromatic heterocycles. The van der Waals surface area contributed by atoms with E-state index in [0.717, 1.165) is 11.1 Å². The van der Waals surface area contributed by atoms with Gasteiger partial charge in [-0.3, -0.25) is 10.1 Å². The summed E-state index contributed by atoms with van der Waals surface area (Å²) >= 11 is 0. The Morgan fingerprint density at radius 3 is 2.55 bits per heavy atom. The molecule has 0 fully saturated rings. The molecular weight excluding hydrogens is 282 g/mol. The van der Waals surface area contributed by atoms with Crippen LogP contribution in [0.3, 0.4) is 0 Å². The lowest BCUT2D eigenvalue weighted by Crippen LogP contribution is -2.28. The van der Waals surface area contributed by atoms with Crippen LogP contribution in [0.25, 0.3) is 0 Å². The van der Waals surface area contributed by atoms with Crippen LogP contribution in [0.15, 0.2) is 42.5 Å². The van der Waals surface area contributed by atoms with Crippen molar-refractivity contribution in [2.75, 3.05) is 5.32 Å². The van der Waals surface area contributed by atoms with Gasteiger partial charge in [-0.2, -0.15) is 0 Å². The summed E-state index contributed by atoms with van der Waals surface area (Å²) < 4.78 is 0. The molecule has 0 heterocycles. The molecule has 0 bridgehead atoms. The van der Waals surface area contributed by atoms with E-state index in [2.05, 4.69) is 10.6 Å². The molecule has 0 aliphatic heterocycles. The maximum atomic E-state index is 11.9. The molecule has 0 atom stereocenters. The number of amides is 2. The zero-order valence-corrected chi connectivity index (χ0v) is 12.4. The average Bonchev–Trinajstić information content (AvgIpc) is 2.48. The van der Waals surface area contributed by atoms with Crippen LogP contribution in [0.4, 0.5) is 16.2 Å². The van der Waals surface area contributed by atoms with Gasteiger partial charge in [-0.25, -0.2) is 4.79 Å². The van der Waals surface area contributed by atoms with Crippen LogP contribution in [0.2, 0.25) is 0 Å². The van der Waals surface area contributed by atoms with Crippen molar-refractivity contribution >= 4 is 17.4 Å². The lowest BCUT2D eigenvalue weighted by molar-refractivity contribution is -0.385. The largest absolute Gasteiger partial charge is 0.334 e. The summed E-state index contributed by atoms with van der Waals surface area (Å²) in [6.07, 6.45) is 0. The SMILES string of the molecule is Cc1ccccc1CNC(=O)Nc1ccc(C)c([N+](=O)[O-])c1. The molecule has 6 nitrogen and oxygen atoms in total. The maximum Gasteiger partial charge on any atom is 0.319 e. The minimum absolute atomic E-state index is 0.0169. The Hall–Kier alpha value is -2.89. The van der Waals surface area contributed by atoms with Crippen molar-refractivity contribution in [2.45, 2.75) is 20.4 Å². The first kappa shape index (κ1) is 15.5. The zero-order chi connectivity index (χ0) is 16.1. The van der Waals surface area contributed by atoms with Crippen molar-refractivity contribution < 1.29 is 9.72 Å². The van der Waals surface area contributed by atoms with Crippen LogP contribution in [0, 0.1) is 24.0 Å². The summed E-state index contributed by atoms with van der Waals surface area (Å²) in [7, 11) is 0. The van der Waals surface area contributed by atoms with Crippen molar-refractivity contribution in [1.29, 1.82) is 0 Å². The predicted molar refractivity (Wildman–Crippen MR) is 84.9 cm³/mol. The van der Waals surface area contributed by atoms with Gasteiger partial charge in [-0.1, -0.05) is 30.3 Å². The van der Waals surface area contributed by atoms with Gasteiger partial charge < -0.3 is 10.6 Å². The number of hydrogen-bond acceptors (Lipinski definition) is 3. The van der Waals surface area contributed by atoms with Crippen LogP contribution in [0.1, 0.15) is 16.7 Å². The monoisotopic (exact) mass is 299 g/mol. The van der Waals surface area contributed by atoms with Gasteiger partial charge in [0.1, 0.15) is 0 Å². The van der Waals surface area contributed by atoms with Crippen molar-refractivity contribution in [1.82, 2.24) is 5.32 Å². The van der Waals surface area contributed by atoms with E-state index in [4.69, 9.17) is 0 Å². The first-order valence-electron chi connectivity index (χ1n) is 6.82. The van der Waals surface area contributed by atoms with Gasteiger partial charge in [0.2, 0.25) is 0 Å². The number of aryl methyl sites for hydroxylation is 2. The van der Waals surface area contributed by atoms with E-state index in [1.54, 1.807) is 19.1 Å². The second kappa shape index (κ2) is 6.71. The third-order valence-electron chi connectivity index (χ3n) is 3.36. The topological polar surface area (TPSA) is 84.3 Å². The fraction of sp³-hybridized carbons (Fsp3) is 0.188. The highest BCUT2D eigenvalue weighted by Gasteiger charge is 2.12. The highest BCUT2D eigenvalue weighted by molar-refractivity contribution is 5.89. The Kier molecular flexibility index (Phi) is 4.73. The van der Waals surface area contributed by atoms with Gasteiger partial charge in [0.05, 0.1) is 4.92 Å². The number of carbonyl (C=O) groups is 1. The van der Waals surface area contributed by atoms with E-state index in [-0.39, 0.29) is 5.69 Å². The molecule has 0 spiro atoms. The fourth-order valence-electron chi connectivity index (χ4n) is 2.04. The highest BCUT2D eigenvalue weighted by atomic mass is 16.6. The summed E-state index contributed by atoms with van der Waals surface area (Å²) in [6.45, 7) is 4.02. The van der Waals surface area contributed by atoms with E-state index >= 15 is 0 Å². The molecule has 2 rings (SSSR count). The zero-order valence-electron chi connectivity index (χ0n) is 12.4. The van der Waals surface area contributed by atoms with Gasteiger partial charge in [-0.05, 0) is 31.0 Å². The lowest BCUT2D eigenvalue weighted by atomic mass is 10.1. The Bertz CT molecular complexity index is 714. The summed E-state index contributed by atoms with van der Waals surface area (Å²) in [4.78, 5) is 22.3. The van der Waals surface area contributed by atoms with Crippen molar-refractivity contribution in [2.24, 2.45) is 0 Å². The molecule has 0 aliphatic carbocycles. The third-order valence-corrected chi connectivity index (χ3v) is 3.36.